The van der Waals surface area contributed by atoms with Crippen LogP contribution in [-0.2, 0) is 12.1 Å². The average molecular weight is 348 g/mol. The molecule has 0 unspecified atom stereocenters. The Balaban J connectivity index is 1.72. The second-order valence-corrected chi connectivity index (χ2v) is 7.42. The molecular weight excluding hydrogens is 324 g/mol. The molecule has 5 heteroatoms. The summed E-state index contributed by atoms with van der Waals surface area (Å²) in [5.74, 6) is -0.0433. The van der Waals surface area contributed by atoms with Gasteiger partial charge in [-0.05, 0) is 38.5 Å². The van der Waals surface area contributed by atoms with Gasteiger partial charge in [-0.15, -0.1) is 0 Å². The first-order chi connectivity index (χ1) is 12.3. The van der Waals surface area contributed by atoms with E-state index in [0.717, 1.165) is 16.8 Å². The van der Waals surface area contributed by atoms with E-state index in [1.54, 1.807) is 24.3 Å². The largest absolute Gasteiger partial charge is 0.337 e. The number of pyridine rings is 1. The third-order valence-corrected chi connectivity index (χ3v) is 4.19. The number of aromatic nitrogens is 3. The summed E-state index contributed by atoms with van der Waals surface area (Å²) in [4.78, 5) is 18.8. The van der Waals surface area contributed by atoms with Crippen molar-refractivity contribution in [2.24, 2.45) is 0 Å². The van der Waals surface area contributed by atoms with Crippen LogP contribution in [0.2, 0.25) is 0 Å². The maximum Gasteiger partial charge on any atom is 0.255 e. The van der Waals surface area contributed by atoms with Crippen molar-refractivity contribution < 1.29 is 4.79 Å². The van der Waals surface area contributed by atoms with Gasteiger partial charge in [0, 0.05) is 31.5 Å². The minimum atomic E-state index is -0.0751. The Morgan fingerprint density at radius 3 is 2.38 bits per heavy atom. The lowest BCUT2D eigenvalue weighted by Crippen LogP contribution is -2.26. The zero-order chi connectivity index (χ0) is 18.7. The Kier molecular flexibility index (Phi) is 4.89. The molecule has 0 aliphatic heterocycles. The molecule has 0 saturated heterocycles. The van der Waals surface area contributed by atoms with Crippen LogP contribution in [0.4, 0.5) is 0 Å². The molecule has 0 radical (unpaired) electrons. The maximum absolute atomic E-state index is 12.6. The molecule has 0 saturated carbocycles. The van der Waals surface area contributed by atoms with Crippen molar-refractivity contribution in [2.75, 3.05) is 7.05 Å². The number of benzene rings is 1. The van der Waals surface area contributed by atoms with Crippen molar-refractivity contribution in [1.29, 1.82) is 0 Å². The predicted molar refractivity (Wildman–Crippen MR) is 103 cm³/mol. The van der Waals surface area contributed by atoms with Gasteiger partial charge in [-0.1, -0.05) is 30.3 Å². The van der Waals surface area contributed by atoms with Gasteiger partial charge >= 0.3 is 0 Å². The first-order valence-corrected chi connectivity index (χ1v) is 8.65. The van der Waals surface area contributed by atoms with Crippen LogP contribution in [0, 0.1) is 0 Å². The molecule has 0 aliphatic rings. The molecule has 134 valence electrons. The van der Waals surface area contributed by atoms with Crippen LogP contribution in [0.1, 0.15) is 36.7 Å². The van der Waals surface area contributed by atoms with Gasteiger partial charge in [0.1, 0.15) is 0 Å². The second-order valence-electron chi connectivity index (χ2n) is 7.42. The number of rotatable bonds is 4. The van der Waals surface area contributed by atoms with E-state index in [1.807, 2.05) is 53.3 Å². The molecule has 0 fully saturated rings. The van der Waals surface area contributed by atoms with Crippen molar-refractivity contribution in [3.05, 3.63) is 72.2 Å². The Hall–Kier alpha value is -2.95. The number of amides is 1. The normalized spacial score (nSPS) is 11.4. The highest BCUT2D eigenvalue weighted by Gasteiger charge is 2.16. The monoisotopic (exact) mass is 348 g/mol. The topological polar surface area (TPSA) is 51.0 Å². The minimum absolute atomic E-state index is 0.0433. The fraction of sp³-hybridized carbons (Fsp3) is 0.286. The maximum atomic E-state index is 12.6. The molecule has 0 bridgehead atoms. The molecular formula is C21H24N4O. The fourth-order valence-electron chi connectivity index (χ4n) is 2.66. The first-order valence-electron chi connectivity index (χ1n) is 8.65. The predicted octanol–water partition coefficient (Wildman–Crippen LogP) is 3.97. The zero-order valence-corrected chi connectivity index (χ0v) is 15.7. The lowest BCUT2D eigenvalue weighted by molar-refractivity contribution is 0.0784. The van der Waals surface area contributed by atoms with Gasteiger partial charge in [0.25, 0.3) is 5.91 Å². The second kappa shape index (κ2) is 7.12. The molecule has 2 heterocycles. The minimum Gasteiger partial charge on any atom is -0.337 e. The lowest BCUT2D eigenvalue weighted by Gasteiger charge is -2.18. The molecule has 26 heavy (non-hydrogen) atoms. The molecule has 0 atom stereocenters. The summed E-state index contributed by atoms with van der Waals surface area (Å²) >= 11 is 0. The Morgan fingerprint density at radius 1 is 1.08 bits per heavy atom. The fourth-order valence-corrected chi connectivity index (χ4v) is 2.66. The van der Waals surface area contributed by atoms with E-state index in [0.29, 0.717) is 12.1 Å². The Bertz CT molecular complexity index is 876. The lowest BCUT2D eigenvalue weighted by atomic mass is 10.1. The summed E-state index contributed by atoms with van der Waals surface area (Å²) < 4.78 is 1.91. The summed E-state index contributed by atoms with van der Waals surface area (Å²) in [6.45, 7) is 6.87. The Labute approximate surface area is 154 Å². The van der Waals surface area contributed by atoms with Crippen LogP contribution < -0.4 is 0 Å². The van der Waals surface area contributed by atoms with Crippen LogP contribution >= 0.6 is 0 Å². The van der Waals surface area contributed by atoms with E-state index < -0.39 is 0 Å². The number of nitrogens with zero attached hydrogens (tertiary/aromatic N) is 4. The molecule has 0 aliphatic carbocycles. The van der Waals surface area contributed by atoms with Gasteiger partial charge in [0.15, 0.2) is 0 Å². The van der Waals surface area contributed by atoms with Crippen LogP contribution in [0.3, 0.4) is 0 Å². The highest BCUT2D eigenvalue weighted by atomic mass is 16.2. The number of carbonyl (C=O) groups is 1. The van der Waals surface area contributed by atoms with Gasteiger partial charge in [-0.25, -0.2) is 0 Å². The molecule has 1 aromatic carbocycles. The van der Waals surface area contributed by atoms with Crippen molar-refractivity contribution in [3.63, 3.8) is 0 Å². The SMILES string of the molecule is CN(Cc1ccccc1)C(=O)c1ccc(-c2cnn(C(C)(C)C)c2)nc1. The molecule has 0 spiro atoms. The van der Waals surface area contributed by atoms with Crippen molar-refractivity contribution in [1.82, 2.24) is 19.7 Å². The van der Waals surface area contributed by atoms with Gasteiger partial charge in [0.05, 0.1) is 23.0 Å². The van der Waals surface area contributed by atoms with E-state index in [9.17, 15) is 4.79 Å². The highest BCUT2D eigenvalue weighted by molar-refractivity contribution is 5.94. The molecule has 1 amide bonds. The third kappa shape index (κ3) is 3.99. The number of carbonyl (C=O) groups excluding carboxylic acids is 1. The zero-order valence-electron chi connectivity index (χ0n) is 15.7. The van der Waals surface area contributed by atoms with Crippen molar-refractivity contribution in [3.8, 4) is 11.3 Å². The summed E-state index contributed by atoms with van der Waals surface area (Å²) in [5.41, 5.74) is 3.35. The van der Waals surface area contributed by atoms with Crippen LogP contribution in [-0.4, -0.2) is 32.6 Å². The highest BCUT2D eigenvalue weighted by Crippen LogP contribution is 2.20. The van der Waals surface area contributed by atoms with E-state index in [-0.39, 0.29) is 11.4 Å². The van der Waals surface area contributed by atoms with Crippen LogP contribution in [0.25, 0.3) is 11.3 Å². The third-order valence-electron chi connectivity index (χ3n) is 4.19. The van der Waals surface area contributed by atoms with Gasteiger partial charge in [-0.3, -0.25) is 14.5 Å². The molecule has 5 nitrogen and oxygen atoms in total. The summed E-state index contributed by atoms with van der Waals surface area (Å²) in [7, 11) is 1.80. The quantitative estimate of drug-likeness (QED) is 0.717. The molecule has 0 N–H and O–H groups in total. The molecule has 3 rings (SSSR count). The molecule has 2 aromatic heterocycles. The first kappa shape index (κ1) is 17.9. The van der Waals surface area contributed by atoms with Gasteiger partial charge in [-0.2, -0.15) is 5.10 Å². The Morgan fingerprint density at radius 2 is 1.81 bits per heavy atom. The summed E-state index contributed by atoms with van der Waals surface area (Å²) in [6.07, 6.45) is 5.41. The van der Waals surface area contributed by atoms with Gasteiger partial charge in [0.2, 0.25) is 0 Å². The van der Waals surface area contributed by atoms with E-state index in [1.165, 1.54) is 0 Å². The average Bonchev–Trinajstić information content (AvgIpc) is 3.12. The standard InChI is InChI=1S/C21H24N4O/c1-21(2,3)25-15-18(13-23-25)19-11-10-17(12-22-19)20(26)24(4)14-16-8-6-5-7-9-16/h5-13,15H,14H2,1-4H3. The summed E-state index contributed by atoms with van der Waals surface area (Å²) in [5, 5.41) is 4.40. The van der Waals surface area contributed by atoms with Crippen molar-refractivity contribution >= 4 is 5.91 Å². The number of hydrogen-bond donors (Lipinski definition) is 0. The van der Waals surface area contributed by atoms with E-state index >= 15 is 0 Å². The van der Waals surface area contributed by atoms with Gasteiger partial charge < -0.3 is 4.90 Å². The van der Waals surface area contributed by atoms with E-state index in [4.69, 9.17) is 0 Å². The summed E-state index contributed by atoms with van der Waals surface area (Å²) in [6, 6.07) is 13.6. The van der Waals surface area contributed by atoms with E-state index in [2.05, 4.69) is 30.9 Å². The van der Waals surface area contributed by atoms with Crippen LogP contribution in [0.15, 0.2) is 61.1 Å². The van der Waals surface area contributed by atoms with Crippen LogP contribution in [0.5, 0.6) is 0 Å². The van der Waals surface area contributed by atoms with Crippen molar-refractivity contribution in [2.45, 2.75) is 32.9 Å². The molecule has 3 aromatic rings. The smallest absolute Gasteiger partial charge is 0.255 e. The number of hydrogen-bond acceptors (Lipinski definition) is 3.